The molecule has 0 bridgehead atoms. The first-order chi connectivity index (χ1) is 7.93. The molecule has 1 N–H and O–H groups in total. The molecule has 1 heterocycles. The molecular weight excluding hydrogens is 198 g/mol. The van der Waals surface area contributed by atoms with E-state index in [1.165, 1.54) is 5.39 Å². The molecule has 0 atom stereocenters. The summed E-state index contributed by atoms with van der Waals surface area (Å²) in [6.07, 6.45) is 4.70. The van der Waals surface area contributed by atoms with Crippen molar-refractivity contribution < 1.29 is 4.74 Å². The van der Waals surface area contributed by atoms with Gasteiger partial charge in [0.25, 0.3) is 0 Å². The zero-order valence-electron chi connectivity index (χ0n) is 8.60. The number of ether oxygens (including phenoxy) is 1. The molecule has 1 radical (unpaired) electrons. The Hall–Kier alpha value is -2.22. The Kier molecular flexibility index (Phi) is 2.11. The van der Waals surface area contributed by atoms with Crippen LogP contribution in [0.5, 0.6) is 11.5 Å². The Morgan fingerprint density at radius 1 is 0.938 bits per heavy atom. The van der Waals surface area contributed by atoms with Gasteiger partial charge in [0.05, 0.1) is 0 Å². The van der Waals surface area contributed by atoms with Gasteiger partial charge in [-0.15, -0.1) is 0 Å². The maximum Gasteiger partial charge on any atom is 0.154 e. The van der Waals surface area contributed by atoms with Crippen molar-refractivity contribution in [3.05, 3.63) is 60.9 Å². The van der Waals surface area contributed by atoms with Crippen LogP contribution >= 0.6 is 0 Å². The molecule has 1 aromatic heterocycles. The summed E-state index contributed by atoms with van der Waals surface area (Å²) >= 11 is 0. The van der Waals surface area contributed by atoms with E-state index >= 15 is 0 Å². The van der Waals surface area contributed by atoms with Crippen LogP contribution in [-0.4, -0.2) is 4.98 Å². The third-order valence-corrected chi connectivity index (χ3v) is 2.48. The van der Waals surface area contributed by atoms with Gasteiger partial charge in [-0.2, -0.15) is 0 Å². The third kappa shape index (κ3) is 1.54. The molecular formula is C14H10NO. The number of H-pyrrole nitrogens is 1. The fourth-order valence-corrected chi connectivity index (χ4v) is 1.73. The molecule has 2 aromatic carbocycles. The quantitative estimate of drug-likeness (QED) is 0.681. The Labute approximate surface area is 93.5 Å². The van der Waals surface area contributed by atoms with Gasteiger partial charge in [0, 0.05) is 11.6 Å². The summed E-state index contributed by atoms with van der Waals surface area (Å²) in [5.74, 6) is 1.56. The van der Waals surface area contributed by atoms with Crippen molar-refractivity contribution >= 4 is 10.8 Å². The van der Waals surface area contributed by atoms with Crippen LogP contribution in [0, 0.1) is 6.20 Å². The van der Waals surface area contributed by atoms with Crippen molar-refractivity contribution in [1.29, 1.82) is 0 Å². The van der Waals surface area contributed by atoms with E-state index in [1.807, 2.05) is 30.3 Å². The van der Waals surface area contributed by atoms with E-state index < -0.39 is 0 Å². The molecule has 0 saturated carbocycles. The first-order valence-corrected chi connectivity index (χ1v) is 5.14. The fourth-order valence-electron chi connectivity index (χ4n) is 1.73. The second-order valence-electron chi connectivity index (χ2n) is 3.55. The lowest BCUT2D eigenvalue weighted by atomic mass is 10.1. The van der Waals surface area contributed by atoms with Crippen LogP contribution in [0.15, 0.2) is 54.7 Å². The van der Waals surface area contributed by atoms with Gasteiger partial charge in [-0.25, -0.2) is 0 Å². The van der Waals surface area contributed by atoms with E-state index in [4.69, 9.17) is 4.74 Å². The zero-order valence-corrected chi connectivity index (χ0v) is 8.60. The van der Waals surface area contributed by atoms with Crippen molar-refractivity contribution in [3.8, 4) is 11.5 Å². The van der Waals surface area contributed by atoms with Crippen molar-refractivity contribution in [2.75, 3.05) is 0 Å². The van der Waals surface area contributed by atoms with Crippen molar-refractivity contribution in [3.63, 3.8) is 0 Å². The van der Waals surface area contributed by atoms with Crippen LogP contribution in [0.3, 0.4) is 0 Å². The van der Waals surface area contributed by atoms with E-state index in [0.717, 1.165) is 11.1 Å². The van der Waals surface area contributed by atoms with Crippen molar-refractivity contribution in [2.24, 2.45) is 0 Å². The molecule has 16 heavy (non-hydrogen) atoms. The van der Waals surface area contributed by atoms with Crippen LogP contribution < -0.4 is 4.74 Å². The van der Waals surface area contributed by atoms with E-state index in [-0.39, 0.29) is 0 Å². The highest BCUT2D eigenvalue weighted by Crippen LogP contribution is 2.29. The Morgan fingerprint density at radius 2 is 1.81 bits per heavy atom. The van der Waals surface area contributed by atoms with Gasteiger partial charge in [-0.1, -0.05) is 36.4 Å². The number of hydrogen-bond donors (Lipinski definition) is 1. The lowest BCUT2D eigenvalue weighted by molar-refractivity contribution is 0.488. The molecule has 0 saturated heterocycles. The van der Waals surface area contributed by atoms with Gasteiger partial charge >= 0.3 is 0 Å². The topological polar surface area (TPSA) is 25.0 Å². The van der Waals surface area contributed by atoms with Gasteiger partial charge in [0.15, 0.2) is 5.75 Å². The molecule has 0 fully saturated rings. The van der Waals surface area contributed by atoms with Gasteiger partial charge in [-0.3, -0.25) is 0 Å². The number of aromatic amines is 1. The van der Waals surface area contributed by atoms with E-state index in [1.54, 1.807) is 6.20 Å². The van der Waals surface area contributed by atoms with E-state index in [2.05, 4.69) is 29.4 Å². The van der Waals surface area contributed by atoms with E-state index in [0.29, 0.717) is 5.75 Å². The van der Waals surface area contributed by atoms with E-state index in [9.17, 15) is 0 Å². The number of rotatable bonds is 2. The average molecular weight is 208 g/mol. The minimum atomic E-state index is 0.705. The second-order valence-corrected chi connectivity index (χ2v) is 3.55. The molecule has 0 spiro atoms. The van der Waals surface area contributed by atoms with Crippen LogP contribution in [0.25, 0.3) is 10.8 Å². The van der Waals surface area contributed by atoms with Gasteiger partial charge in [0.1, 0.15) is 11.9 Å². The summed E-state index contributed by atoms with van der Waals surface area (Å²) < 4.78 is 5.74. The molecule has 2 nitrogen and oxygen atoms in total. The van der Waals surface area contributed by atoms with Crippen molar-refractivity contribution in [1.82, 2.24) is 4.98 Å². The van der Waals surface area contributed by atoms with Crippen LogP contribution in [0.2, 0.25) is 0 Å². The normalized spacial score (nSPS) is 10.5. The first-order valence-electron chi connectivity index (χ1n) is 5.14. The average Bonchev–Trinajstić information content (AvgIpc) is 2.82. The first kappa shape index (κ1) is 9.04. The summed E-state index contributed by atoms with van der Waals surface area (Å²) in [6.45, 7) is 0. The molecule has 0 aliphatic carbocycles. The van der Waals surface area contributed by atoms with Crippen molar-refractivity contribution in [2.45, 2.75) is 0 Å². The molecule has 0 amide bonds. The number of fused-ring (bicyclic) bond motifs is 1. The van der Waals surface area contributed by atoms with Crippen LogP contribution in [0.1, 0.15) is 0 Å². The molecule has 3 aromatic rings. The molecule has 77 valence electrons. The standard InChI is InChI=1S/C14H10NO/c1-2-6-13-11(4-1)5-3-7-14(13)16-12-8-9-15-10-12/h1-9,15H. The molecule has 0 aliphatic heterocycles. The highest BCUT2D eigenvalue weighted by Gasteiger charge is 2.02. The molecule has 0 unspecified atom stereocenters. The zero-order chi connectivity index (χ0) is 10.8. The maximum absolute atomic E-state index is 5.74. The number of nitrogens with one attached hydrogen (secondary N) is 1. The minimum Gasteiger partial charge on any atom is -0.454 e. The number of benzene rings is 2. The smallest absolute Gasteiger partial charge is 0.154 e. The predicted molar refractivity (Wildman–Crippen MR) is 63.7 cm³/mol. The highest BCUT2D eigenvalue weighted by atomic mass is 16.5. The summed E-state index contributed by atoms with van der Waals surface area (Å²) in [5.41, 5.74) is 0. The predicted octanol–water partition coefficient (Wildman–Crippen LogP) is 3.76. The summed E-state index contributed by atoms with van der Waals surface area (Å²) in [7, 11) is 0. The van der Waals surface area contributed by atoms with Gasteiger partial charge in [-0.05, 0) is 17.5 Å². The SMILES string of the molecule is [c]1[nH]ccc1Oc1cccc2ccccc12. The Morgan fingerprint density at radius 3 is 2.69 bits per heavy atom. The number of hydrogen-bond acceptors (Lipinski definition) is 1. The Bertz CT molecular complexity index is 594. The largest absolute Gasteiger partial charge is 0.454 e. The summed E-state index contributed by atoms with van der Waals surface area (Å²) in [6, 6.07) is 16.0. The van der Waals surface area contributed by atoms with Crippen LogP contribution in [0.4, 0.5) is 0 Å². The maximum atomic E-state index is 5.74. The minimum absolute atomic E-state index is 0.705. The van der Waals surface area contributed by atoms with Crippen LogP contribution in [-0.2, 0) is 0 Å². The number of aromatic nitrogens is 1. The highest BCUT2D eigenvalue weighted by molar-refractivity contribution is 5.88. The summed E-state index contributed by atoms with van der Waals surface area (Å²) in [4.78, 5) is 2.85. The fraction of sp³-hybridized carbons (Fsp3) is 0. The second kappa shape index (κ2) is 3.74. The molecule has 3 rings (SSSR count). The lowest BCUT2D eigenvalue weighted by Crippen LogP contribution is -1.83. The van der Waals surface area contributed by atoms with Gasteiger partial charge < -0.3 is 9.72 Å². The molecule has 2 heteroatoms. The molecule has 0 aliphatic rings. The lowest BCUT2D eigenvalue weighted by Gasteiger charge is -2.06. The Balaban J connectivity index is 2.10. The third-order valence-electron chi connectivity index (χ3n) is 2.48. The van der Waals surface area contributed by atoms with Gasteiger partial charge in [0.2, 0.25) is 0 Å². The monoisotopic (exact) mass is 208 g/mol. The summed E-state index contributed by atoms with van der Waals surface area (Å²) in [5, 5.41) is 2.29.